The maximum absolute atomic E-state index is 5.97. The van der Waals surface area contributed by atoms with Crippen LogP contribution in [0.5, 0.6) is 5.75 Å². The van der Waals surface area contributed by atoms with Crippen LogP contribution in [0.15, 0.2) is 29.2 Å². The highest BCUT2D eigenvalue weighted by atomic mass is 32.2. The molecule has 1 heterocycles. The van der Waals surface area contributed by atoms with Crippen molar-refractivity contribution in [2.45, 2.75) is 37.0 Å². The normalized spacial score (nSPS) is 20.3. The number of nitrogens with one attached hydrogen (secondary N) is 1. The zero-order valence-electron chi connectivity index (χ0n) is 10.8. The van der Waals surface area contributed by atoms with Crippen LogP contribution in [0.25, 0.3) is 0 Å². The molecule has 0 aromatic heterocycles. The topological polar surface area (TPSA) is 56.5 Å². The van der Waals surface area contributed by atoms with Gasteiger partial charge >= 0.3 is 0 Å². The van der Waals surface area contributed by atoms with Crippen LogP contribution in [-0.2, 0) is 4.74 Å². The van der Waals surface area contributed by atoms with E-state index >= 15 is 0 Å². The fraction of sp³-hybridized carbons (Fsp3) is 0.538. The van der Waals surface area contributed by atoms with E-state index in [1.165, 1.54) is 4.90 Å². The predicted molar refractivity (Wildman–Crippen MR) is 73.8 cm³/mol. The summed E-state index contributed by atoms with van der Waals surface area (Å²) in [6.07, 6.45) is 0.234. The summed E-state index contributed by atoms with van der Waals surface area (Å²) in [5.74, 6) is 7.41. The predicted octanol–water partition coefficient (Wildman–Crippen LogP) is 1.80. The van der Waals surface area contributed by atoms with E-state index in [0.717, 1.165) is 11.5 Å². The maximum Gasteiger partial charge on any atom is 0.133 e. The molecule has 1 aromatic rings. The van der Waals surface area contributed by atoms with Gasteiger partial charge in [0, 0.05) is 10.6 Å². The summed E-state index contributed by atoms with van der Waals surface area (Å²) in [5, 5.41) is 0. The Morgan fingerprint density at radius 2 is 2.28 bits per heavy atom. The minimum absolute atomic E-state index is 0.00764. The van der Waals surface area contributed by atoms with E-state index in [4.69, 9.17) is 15.3 Å². The SMILES string of the molecule is CC(C)OCC(NN)C1CSc2ccccc2O1. The standard InChI is InChI=1S/C13H20N2O2S/c1-9(2)16-7-10(15-14)12-8-18-13-6-4-3-5-11(13)17-12/h3-6,9-10,12,15H,7-8,14H2,1-2H3. The number of fused-ring (bicyclic) bond motifs is 1. The Labute approximate surface area is 112 Å². The molecule has 0 fully saturated rings. The summed E-state index contributed by atoms with van der Waals surface area (Å²) in [4.78, 5) is 1.19. The average molecular weight is 268 g/mol. The lowest BCUT2D eigenvalue weighted by Gasteiger charge is -2.31. The lowest BCUT2D eigenvalue weighted by atomic mass is 10.2. The number of benzene rings is 1. The molecule has 5 heteroatoms. The van der Waals surface area contributed by atoms with Crippen LogP contribution in [0, 0.1) is 0 Å². The van der Waals surface area contributed by atoms with Gasteiger partial charge in [-0.2, -0.15) is 0 Å². The Morgan fingerprint density at radius 3 is 3.00 bits per heavy atom. The molecule has 18 heavy (non-hydrogen) atoms. The van der Waals surface area contributed by atoms with Gasteiger partial charge < -0.3 is 9.47 Å². The molecular weight excluding hydrogens is 248 g/mol. The highest BCUT2D eigenvalue weighted by molar-refractivity contribution is 7.99. The van der Waals surface area contributed by atoms with Gasteiger partial charge in [0.1, 0.15) is 11.9 Å². The molecule has 3 N–H and O–H groups in total. The number of para-hydroxylation sites is 1. The second kappa shape index (κ2) is 6.43. The molecule has 2 rings (SSSR count). The fourth-order valence-corrected chi connectivity index (χ4v) is 2.87. The van der Waals surface area contributed by atoms with Gasteiger partial charge in [-0.3, -0.25) is 11.3 Å². The monoisotopic (exact) mass is 268 g/mol. The average Bonchev–Trinajstić information content (AvgIpc) is 2.39. The minimum atomic E-state index is 0.00764. The zero-order valence-corrected chi connectivity index (χ0v) is 11.6. The van der Waals surface area contributed by atoms with Gasteiger partial charge in [0.25, 0.3) is 0 Å². The molecule has 0 amide bonds. The van der Waals surface area contributed by atoms with Gasteiger partial charge in [-0.25, -0.2) is 0 Å². The van der Waals surface area contributed by atoms with Crippen molar-refractivity contribution in [2.75, 3.05) is 12.4 Å². The number of thioether (sulfide) groups is 1. The molecule has 1 aliphatic rings. The first kappa shape index (κ1) is 13.7. The van der Waals surface area contributed by atoms with E-state index in [1.807, 2.05) is 32.0 Å². The summed E-state index contributed by atoms with van der Waals surface area (Å²) in [5.41, 5.74) is 2.79. The third-order valence-electron chi connectivity index (χ3n) is 2.80. The summed E-state index contributed by atoms with van der Waals surface area (Å²) in [7, 11) is 0. The lowest BCUT2D eigenvalue weighted by molar-refractivity contribution is 0.0318. The van der Waals surface area contributed by atoms with E-state index in [1.54, 1.807) is 11.8 Å². The van der Waals surface area contributed by atoms with Crippen LogP contribution < -0.4 is 16.0 Å². The van der Waals surface area contributed by atoms with Crippen molar-refractivity contribution in [3.63, 3.8) is 0 Å². The molecule has 2 atom stereocenters. The van der Waals surface area contributed by atoms with Gasteiger partial charge in [0.05, 0.1) is 18.8 Å². The molecule has 1 aromatic carbocycles. The third kappa shape index (κ3) is 3.38. The molecular formula is C13H20N2O2S. The van der Waals surface area contributed by atoms with Crippen molar-refractivity contribution < 1.29 is 9.47 Å². The van der Waals surface area contributed by atoms with E-state index in [2.05, 4.69) is 11.5 Å². The van der Waals surface area contributed by atoms with E-state index < -0.39 is 0 Å². The van der Waals surface area contributed by atoms with Gasteiger partial charge in [-0.15, -0.1) is 11.8 Å². The summed E-state index contributed by atoms with van der Waals surface area (Å²) < 4.78 is 11.6. The Hall–Kier alpha value is -0.750. The van der Waals surface area contributed by atoms with Crippen molar-refractivity contribution in [1.29, 1.82) is 0 Å². The van der Waals surface area contributed by atoms with Crippen molar-refractivity contribution in [3.8, 4) is 5.75 Å². The molecule has 0 aliphatic carbocycles. The highest BCUT2D eigenvalue weighted by Crippen LogP contribution is 2.35. The van der Waals surface area contributed by atoms with Crippen molar-refractivity contribution in [1.82, 2.24) is 5.43 Å². The molecule has 0 bridgehead atoms. The van der Waals surface area contributed by atoms with Crippen LogP contribution >= 0.6 is 11.8 Å². The molecule has 2 unspecified atom stereocenters. The van der Waals surface area contributed by atoms with Gasteiger partial charge in [0.15, 0.2) is 0 Å². The number of hydrazine groups is 1. The first-order chi connectivity index (χ1) is 8.70. The smallest absolute Gasteiger partial charge is 0.133 e. The Balaban J connectivity index is 1.98. The van der Waals surface area contributed by atoms with Crippen LogP contribution in [-0.4, -0.2) is 30.6 Å². The first-order valence-electron chi connectivity index (χ1n) is 6.17. The summed E-state index contributed by atoms with van der Waals surface area (Å²) in [6, 6.07) is 8.08. The molecule has 0 spiro atoms. The van der Waals surface area contributed by atoms with E-state index in [9.17, 15) is 0 Å². The fourth-order valence-electron chi connectivity index (χ4n) is 1.79. The van der Waals surface area contributed by atoms with Gasteiger partial charge in [-0.1, -0.05) is 12.1 Å². The van der Waals surface area contributed by atoms with Gasteiger partial charge in [-0.05, 0) is 26.0 Å². The molecule has 0 saturated heterocycles. The van der Waals surface area contributed by atoms with Gasteiger partial charge in [0.2, 0.25) is 0 Å². The molecule has 1 aliphatic heterocycles. The van der Waals surface area contributed by atoms with E-state index in [-0.39, 0.29) is 18.2 Å². The third-order valence-corrected chi connectivity index (χ3v) is 3.95. The summed E-state index contributed by atoms with van der Waals surface area (Å²) in [6.45, 7) is 4.58. The van der Waals surface area contributed by atoms with Crippen molar-refractivity contribution in [2.24, 2.45) is 5.84 Å². The zero-order chi connectivity index (χ0) is 13.0. The molecule has 4 nitrogen and oxygen atoms in total. The van der Waals surface area contributed by atoms with Crippen LogP contribution in [0.4, 0.5) is 0 Å². The molecule has 0 radical (unpaired) electrons. The number of hydrogen-bond acceptors (Lipinski definition) is 5. The second-order valence-electron chi connectivity index (χ2n) is 4.57. The van der Waals surface area contributed by atoms with E-state index in [0.29, 0.717) is 6.61 Å². The largest absolute Gasteiger partial charge is 0.487 e. The first-order valence-corrected chi connectivity index (χ1v) is 7.15. The van der Waals surface area contributed by atoms with Crippen LogP contribution in [0.1, 0.15) is 13.8 Å². The Kier molecular flexibility index (Phi) is 4.88. The molecule has 0 saturated carbocycles. The number of ether oxygens (including phenoxy) is 2. The lowest BCUT2D eigenvalue weighted by Crippen LogP contribution is -2.51. The Bertz CT molecular complexity index is 387. The Morgan fingerprint density at radius 1 is 1.50 bits per heavy atom. The van der Waals surface area contributed by atoms with Crippen LogP contribution in [0.2, 0.25) is 0 Å². The van der Waals surface area contributed by atoms with Crippen molar-refractivity contribution in [3.05, 3.63) is 24.3 Å². The summed E-state index contributed by atoms with van der Waals surface area (Å²) >= 11 is 1.80. The van der Waals surface area contributed by atoms with Crippen LogP contribution in [0.3, 0.4) is 0 Å². The number of nitrogens with two attached hydrogens (primary N) is 1. The number of hydrogen-bond donors (Lipinski definition) is 2. The maximum atomic E-state index is 5.97. The van der Waals surface area contributed by atoms with Crippen molar-refractivity contribution >= 4 is 11.8 Å². The minimum Gasteiger partial charge on any atom is -0.487 e. The number of rotatable bonds is 5. The quantitative estimate of drug-likeness (QED) is 0.630. The second-order valence-corrected chi connectivity index (χ2v) is 5.63. The molecule has 100 valence electrons. The highest BCUT2D eigenvalue weighted by Gasteiger charge is 2.27.